The van der Waals surface area contributed by atoms with Crippen LogP contribution in [0.1, 0.15) is 15.4 Å². The van der Waals surface area contributed by atoms with Crippen molar-refractivity contribution in [1.82, 2.24) is 9.97 Å². The molecule has 0 aliphatic rings. The standard InChI is InChI=1S/C15H10N2OS/c18-14(11-6-2-1-3-7-11)15-17-13(10-19-15)12-8-4-5-9-16-12/h1-10H. The van der Waals surface area contributed by atoms with Crippen LogP contribution in [0.4, 0.5) is 0 Å². The molecular weight excluding hydrogens is 256 g/mol. The molecule has 0 saturated heterocycles. The summed E-state index contributed by atoms with van der Waals surface area (Å²) in [6.07, 6.45) is 1.72. The Bertz CT molecular complexity index is 692. The number of thiazole rings is 1. The summed E-state index contributed by atoms with van der Waals surface area (Å²) in [6.45, 7) is 0. The SMILES string of the molecule is O=C(c1ccccc1)c1nc(-c2ccccn2)cs1. The van der Waals surface area contributed by atoms with Gasteiger partial charge in [0.25, 0.3) is 0 Å². The molecule has 0 spiro atoms. The number of rotatable bonds is 3. The number of aromatic nitrogens is 2. The van der Waals surface area contributed by atoms with Gasteiger partial charge >= 0.3 is 0 Å². The third-order valence-corrected chi connectivity index (χ3v) is 3.50. The Labute approximate surface area is 114 Å². The second kappa shape index (κ2) is 5.12. The molecule has 92 valence electrons. The lowest BCUT2D eigenvalue weighted by Gasteiger charge is -1.96. The van der Waals surface area contributed by atoms with Crippen LogP contribution in [0.15, 0.2) is 60.1 Å². The largest absolute Gasteiger partial charge is 0.286 e. The van der Waals surface area contributed by atoms with Crippen molar-refractivity contribution >= 4 is 17.1 Å². The molecule has 19 heavy (non-hydrogen) atoms. The second-order valence-electron chi connectivity index (χ2n) is 3.95. The van der Waals surface area contributed by atoms with E-state index in [2.05, 4.69) is 9.97 Å². The molecule has 1 aromatic carbocycles. The number of hydrogen-bond donors (Lipinski definition) is 0. The van der Waals surface area contributed by atoms with E-state index >= 15 is 0 Å². The summed E-state index contributed by atoms with van der Waals surface area (Å²) in [5, 5.41) is 2.35. The average molecular weight is 266 g/mol. The van der Waals surface area contributed by atoms with Crippen LogP contribution in [0.5, 0.6) is 0 Å². The zero-order valence-electron chi connectivity index (χ0n) is 9.98. The van der Waals surface area contributed by atoms with Crippen LogP contribution in [0.2, 0.25) is 0 Å². The average Bonchev–Trinajstić information content (AvgIpc) is 2.98. The van der Waals surface area contributed by atoms with Crippen molar-refractivity contribution in [3.05, 3.63) is 70.7 Å². The van der Waals surface area contributed by atoms with Crippen LogP contribution in [-0.4, -0.2) is 15.8 Å². The molecule has 2 aromatic heterocycles. The Morgan fingerprint density at radius 3 is 2.47 bits per heavy atom. The Balaban J connectivity index is 1.92. The van der Waals surface area contributed by atoms with Gasteiger partial charge in [-0.3, -0.25) is 9.78 Å². The third kappa shape index (κ3) is 2.44. The van der Waals surface area contributed by atoms with Gasteiger partial charge in [0.15, 0.2) is 5.01 Å². The highest BCUT2D eigenvalue weighted by molar-refractivity contribution is 7.12. The minimum atomic E-state index is -0.0484. The highest BCUT2D eigenvalue weighted by Crippen LogP contribution is 2.21. The minimum absolute atomic E-state index is 0.0484. The zero-order valence-corrected chi connectivity index (χ0v) is 10.8. The molecule has 0 unspecified atom stereocenters. The second-order valence-corrected chi connectivity index (χ2v) is 4.81. The quantitative estimate of drug-likeness (QED) is 0.682. The van der Waals surface area contributed by atoms with Crippen molar-refractivity contribution in [2.45, 2.75) is 0 Å². The number of ketones is 1. The van der Waals surface area contributed by atoms with E-state index in [9.17, 15) is 4.79 Å². The smallest absolute Gasteiger partial charge is 0.221 e. The van der Waals surface area contributed by atoms with E-state index in [4.69, 9.17) is 0 Å². The fraction of sp³-hybridized carbons (Fsp3) is 0. The maximum absolute atomic E-state index is 12.2. The third-order valence-electron chi connectivity index (χ3n) is 2.66. The van der Waals surface area contributed by atoms with Crippen molar-refractivity contribution in [2.24, 2.45) is 0 Å². The minimum Gasteiger partial charge on any atom is -0.286 e. The summed E-state index contributed by atoms with van der Waals surface area (Å²) in [4.78, 5) is 20.8. The lowest BCUT2D eigenvalue weighted by molar-refractivity contribution is 0.103. The van der Waals surface area contributed by atoms with Gasteiger partial charge in [0.1, 0.15) is 5.69 Å². The van der Waals surface area contributed by atoms with E-state index in [1.807, 2.05) is 41.8 Å². The predicted molar refractivity (Wildman–Crippen MR) is 75.2 cm³/mol. The molecule has 0 fully saturated rings. The number of carbonyl (C=O) groups is 1. The van der Waals surface area contributed by atoms with Crippen molar-refractivity contribution in [3.8, 4) is 11.4 Å². The van der Waals surface area contributed by atoms with E-state index in [0.717, 1.165) is 11.4 Å². The Morgan fingerprint density at radius 2 is 1.74 bits per heavy atom. The first-order valence-electron chi connectivity index (χ1n) is 5.81. The van der Waals surface area contributed by atoms with Gasteiger partial charge in [-0.05, 0) is 12.1 Å². The molecule has 0 bridgehead atoms. The van der Waals surface area contributed by atoms with Gasteiger partial charge in [-0.2, -0.15) is 0 Å². The van der Waals surface area contributed by atoms with E-state index in [0.29, 0.717) is 10.6 Å². The summed E-state index contributed by atoms with van der Waals surface area (Å²) < 4.78 is 0. The molecule has 0 radical (unpaired) electrons. The highest BCUT2D eigenvalue weighted by atomic mass is 32.1. The van der Waals surface area contributed by atoms with Crippen LogP contribution in [0, 0.1) is 0 Å². The number of carbonyl (C=O) groups excluding carboxylic acids is 1. The Morgan fingerprint density at radius 1 is 0.947 bits per heavy atom. The molecule has 4 heteroatoms. The highest BCUT2D eigenvalue weighted by Gasteiger charge is 2.14. The van der Waals surface area contributed by atoms with E-state index in [1.165, 1.54) is 11.3 Å². The molecule has 3 aromatic rings. The maximum Gasteiger partial charge on any atom is 0.221 e. The van der Waals surface area contributed by atoms with Gasteiger partial charge in [-0.25, -0.2) is 4.98 Å². The summed E-state index contributed by atoms with van der Waals surface area (Å²) in [7, 11) is 0. The summed E-state index contributed by atoms with van der Waals surface area (Å²) in [5.41, 5.74) is 2.18. The van der Waals surface area contributed by atoms with Gasteiger partial charge in [-0.1, -0.05) is 36.4 Å². The number of nitrogens with zero attached hydrogens (tertiary/aromatic N) is 2. The van der Waals surface area contributed by atoms with Crippen LogP contribution in [0.25, 0.3) is 11.4 Å². The summed E-state index contributed by atoms with van der Waals surface area (Å²) in [5.74, 6) is -0.0484. The van der Waals surface area contributed by atoms with Crippen molar-refractivity contribution in [2.75, 3.05) is 0 Å². The van der Waals surface area contributed by atoms with Crippen molar-refractivity contribution < 1.29 is 4.79 Å². The van der Waals surface area contributed by atoms with Gasteiger partial charge in [0, 0.05) is 17.1 Å². The summed E-state index contributed by atoms with van der Waals surface area (Å²) in [6, 6.07) is 14.8. The molecule has 0 aliphatic heterocycles. The Hall–Kier alpha value is -2.33. The van der Waals surface area contributed by atoms with Gasteiger partial charge in [-0.15, -0.1) is 11.3 Å². The van der Waals surface area contributed by atoms with Crippen molar-refractivity contribution in [3.63, 3.8) is 0 Å². The first kappa shape index (κ1) is 11.7. The Kier molecular flexibility index (Phi) is 3.16. The monoisotopic (exact) mass is 266 g/mol. The fourth-order valence-electron chi connectivity index (χ4n) is 1.72. The van der Waals surface area contributed by atoms with Crippen molar-refractivity contribution in [1.29, 1.82) is 0 Å². The molecular formula is C15H10N2OS. The first-order chi connectivity index (χ1) is 9.34. The molecule has 0 saturated carbocycles. The van der Waals surface area contributed by atoms with Gasteiger partial charge in [0.2, 0.25) is 5.78 Å². The molecule has 0 N–H and O–H groups in total. The number of benzene rings is 1. The van der Waals surface area contributed by atoms with E-state index in [-0.39, 0.29) is 5.78 Å². The molecule has 3 nitrogen and oxygen atoms in total. The van der Waals surface area contributed by atoms with E-state index in [1.54, 1.807) is 18.3 Å². The topological polar surface area (TPSA) is 42.9 Å². The zero-order chi connectivity index (χ0) is 13.1. The number of pyridine rings is 1. The van der Waals surface area contributed by atoms with Crippen LogP contribution in [0.3, 0.4) is 0 Å². The van der Waals surface area contributed by atoms with Gasteiger partial charge < -0.3 is 0 Å². The summed E-state index contributed by atoms with van der Waals surface area (Å²) >= 11 is 1.35. The fourth-order valence-corrected chi connectivity index (χ4v) is 2.50. The number of hydrogen-bond acceptors (Lipinski definition) is 4. The lowest BCUT2D eigenvalue weighted by Crippen LogP contribution is -2.00. The molecule has 0 aliphatic carbocycles. The maximum atomic E-state index is 12.2. The van der Waals surface area contributed by atoms with Gasteiger partial charge in [0.05, 0.1) is 5.69 Å². The van der Waals surface area contributed by atoms with Crippen LogP contribution in [-0.2, 0) is 0 Å². The van der Waals surface area contributed by atoms with Crippen LogP contribution < -0.4 is 0 Å². The van der Waals surface area contributed by atoms with Crippen LogP contribution >= 0.6 is 11.3 Å². The molecule has 0 atom stereocenters. The lowest BCUT2D eigenvalue weighted by atomic mass is 10.1. The predicted octanol–water partition coefficient (Wildman–Crippen LogP) is 3.44. The molecule has 2 heterocycles. The normalized spacial score (nSPS) is 10.3. The first-order valence-corrected chi connectivity index (χ1v) is 6.69. The van der Waals surface area contributed by atoms with E-state index < -0.39 is 0 Å². The molecule has 0 amide bonds. The molecule has 3 rings (SSSR count).